The number of carbonyl (C=O) groups is 2. The summed E-state index contributed by atoms with van der Waals surface area (Å²) in [7, 11) is 0. The first-order chi connectivity index (χ1) is 15.1. The Balaban J connectivity index is 1.58. The molecule has 0 spiro atoms. The molecule has 0 aliphatic rings. The van der Waals surface area contributed by atoms with Gasteiger partial charge in [-0.25, -0.2) is 4.79 Å². The van der Waals surface area contributed by atoms with Gasteiger partial charge in [0.2, 0.25) is 11.8 Å². The molecule has 0 radical (unpaired) electrons. The third-order valence-corrected chi connectivity index (χ3v) is 4.64. The van der Waals surface area contributed by atoms with Gasteiger partial charge in [0.05, 0.1) is 0 Å². The number of nitrogens with zero attached hydrogens (tertiary/aromatic N) is 2. The largest absolute Gasteiger partial charge is 0.418 e. The van der Waals surface area contributed by atoms with E-state index >= 15 is 0 Å². The van der Waals surface area contributed by atoms with E-state index in [1.165, 1.54) is 6.92 Å². The van der Waals surface area contributed by atoms with Gasteiger partial charge in [-0.15, -0.1) is 10.2 Å². The van der Waals surface area contributed by atoms with Crippen LogP contribution in [0.2, 0.25) is 0 Å². The van der Waals surface area contributed by atoms with Crippen LogP contribution < -0.4 is 10.6 Å². The first-order valence-electron chi connectivity index (χ1n) is 9.72. The predicted molar refractivity (Wildman–Crippen MR) is 117 cm³/mol. The van der Waals surface area contributed by atoms with Crippen molar-refractivity contribution in [3.05, 3.63) is 102 Å². The van der Waals surface area contributed by atoms with E-state index in [0.29, 0.717) is 17.1 Å². The van der Waals surface area contributed by atoms with Crippen LogP contribution in [-0.2, 0) is 0 Å². The van der Waals surface area contributed by atoms with Gasteiger partial charge in [-0.05, 0) is 36.8 Å². The van der Waals surface area contributed by atoms with Crippen molar-refractivity contribution in [2.75, 3.05) is 5.32 Å². The summed E-state index contributed by atoms with van der Waals surface area (Å²) in [6.07, 6.45) is 0. The number of benzene rings is 3. The van der Waals surface area contributed by atoms with Crippen molar-refractivity contribution >= 4 is 17.5 Å². The smallest absolute Gasteiger partial charge is 0.320 e. The zero-order valence-electron chi connectivity index (χ0n) is 16.8. The Morgan fingerprint density at radius 1 is 0.871 bits per heavy atom. The van der Waals surface area contributed by atoms with Gasteiger partial charge in [0.15, 0.2) is 5.78 Å². The van der Waals surface area contributed by atoms with Crippen molar-refractivity contribution in [3.63, 3.8) is 0 Å². The van der Waals surface area contributed by atoms with Gasteiger partial charge < -0.3 is 15.1 Å². The van der Waals surface area contributed by atoms with Crippen LogP contribution in [0.3, 0.4) is 0 Å². The molecule has 0 aliphatic heterocycles. The third kappa shape index (κ3) is 4.84. The number of nitrogens with one attached hydrogen (secondary N) is 2. The molecule has 7 nitrogen and oxygen atoms in total. The van der Waals surface area contributed by atoms with E-state index in [1.54, 1.807) is 24.3 Å². The fourth-order valence-electron chi connectivity index (χ4n) is 3.10. The van der Waals surface area contributed by atoms with Crippen LogP contribution in [0, 0.1) is 0 Å². The van der Waals surface area contributed by atoms with Gasteiger partial charge in [0.25, 0.3) is 0 Å². The maximum absolute atomic E-state index is 12.7. The van der Waals surface area contributed by atoms with Crippen LogP contribution in [0.1, 0.15) is 34.8 Å². The minimum Gasteiger partial charge on any atom is -0.418 e. The molecule has 1 heterocycles. The van der Waals surface area contributed by atoms with Crippen molar-refractivity contribution in [1.29, 1.82) is 0 Å². The molecule has 2 N–H and O–H groups in total. The number of urea groups is 1. The summed E-state index contributed by atoms with van der Waals surface area (Å²) < 4.78 is 5.88. The highest BCUT2D eigenvalue weighted by molar-refractivity contribution is 5.96. The van der Waals surface area contributed by atoms with Crippen LogP contribution in [0.25, 0.3) is 11.5 Å². The second kappa shape index (κ2) is 9.04. The van der Waals surface area contributed by atoms with Crippen LogP contribution in [0.4, 0.5) is 10.5 Å². The summed E-state index contributed by atoms with van der Waals surface area (Å²) in [5.74, 6) is 0.552. The van der Waals surface area contributed by atoms with E-state index in [9.17, 15) is 9.59 Å². The molecule has 4 rings (SSSR count). The summed E-state index contributed by atoms with van der Waals surface area (Å²) in [6, 6.07) is 24.4. The second-order valence-electron chi connectivity index (χ2n) is 6.89. The lowest BCUT2D eigenvalue weighted by Crippen LogP contribution is -2.33. The normalized spacial score (nSPS) is 11.5. The van der Waals surface area contributed by atoms with E-state index in [2.05, 4.69) is 20.8 Å². The number of ketones is 1. The van der Waals surface area contributed by atoms with Gasteiger partial charge in [0, 0.05) is 16.8 Å². The Morgan fingerprint density at radius 3 is 2.29 bits per heavy atom. The molecule has 31 heavy (non-hydrogen) atoms. The molecule has 7 heteroatoms. The van der Waals surface area contributed by atoms with E-state index in [4.69, 9.17) is 4.42 Å². The van der Waals surface area contributed by atoms with Gasteiger partial charge >= 0.3 is 6.03 Å². The lowest BCUT2D eigenvalue weighted by molar-refractivity contribution is 0.101. The molecule has 1 atom stereocenters. The molecular formula is C24H20N4O3. The summed E-state index contributed by atoms with van der Waals surface area (Å²) in [4.78, 5) is 24.3. The zero-order valence-corrected chi connectivity index (χ0v) is 16.8. The minimum absolute atomic E-state index is 0.0782. The highest BCUT2D eigenvalue weighted by Crippen LogP contribution is 2.25. The molecule has 0 saturated carbocycles. The van der Waals surface area contributed by atoms with E-state index in [0.717, 1.165) is 11.1 Å². The summed E-state index contributed by atoms with van der Waals surface area (Å²) in [6.45, 7) is 1.48. The second-order valence-corrected chi connectivity index (χ2v) is 6.89. The molecule has 0 saturated heterocycles. The standard InChI is InChI=1S/C24H20N4O3/c1-16(29)19-13-8-14-20(15-19)25-24(30)26-21(17-9-4-2-5-10-17)23-28-27-22(31-23)18-11-6-3-7-12-18/h2-15,21H,1H3,(H2,25,26,30)/t21-/m0/s1. The summed E-state index contributed by atoms with van der Waals surface area (Å²) >= 11 is 0. The van der Waals surface area contributed by atoms with Crippen molar-refractivity contribution in [1.82, 2.24) is 15.5 Å². The van der Waals surface area contributed by atoms with Crippen molar-refractivity contribution in [2.24, 2.45) is 0 Å². The number of anilines is 1. The van der Waals surface area contributed by atoms with E-state index < -0.39 is 12.1 Å². The average molecular weight is 412 g/mol. The fraction of sp³-hybridized carbons (Fsp3) is 0.0833. The highest BCUT2D eigenvalue weighted by atomic mass is 16.4. The minimum atomic E-state index is -0.651. The monoisotopic (exact) mass is 412 g/mol. The van der Waals surface area contributed by atoms with Crippen molar-refractivity contribution in [3.8, 4) is 11.5 Å². The number of amides is 2. The average Bonchev–Trinajstić information content (AvgIpc) is 3.29. The van der Waals surface area contributed by atoms with Crippen LogP contribution in [0.15, 0.2) is 89.3 Å². The summed E-state index contributed by atoms with van der Waals surface area (Å²) in [5, 5.41) is 13.9. The Bertz CT molecular complexity index is 1190. The molecule has 1 aromatic heterocycles. The lowest BCUT2D eigenvalue weighted by Gasteiger charge is -2.16. The maximum Gasteiger partial charge on any atom is 0.320 e. The van der Waals surface area contributed by atoms with E-state index in [1.807, 2.05) is 60.7 Å². The highest BCUT2D eigenvalue weighted by Gasteiger charge is 2.23. The Kier molecular flexibility index (Phi) is 5.84. The topological polar surface area (TPSA) is 97.1 Å². The van der Waals surface area contributed by atoms with Crippen LogP contribution in [0.5, 0.6) is 0 Å². The first-order valence-corrected chi connectivity index (χ1v) is 9.72. The molecule has 154 valence electrons. The molecule has 0 fully saturated rings. The summed E-state index contributed by atoms with van der Waals surface area (Å²) in [5.41, 5.74) is 2.60. The van der Waals surface area contributed by atoms with Gasteiger partial charge in [0.1, 0.15) is 6.04 Å². The maximum atomic E-state index is 12.7. The number of aromatic nitrogens is 2. The van der Waals surface area contributed by atoms with Crippen LogP contribution >= 0.6 is 0 Å². The molecule has 0 unspecified atom stereocenters. The molecule has 0 bridgehead atoms. The molecular weight excluding hydrogens is 392 g/mol. The van der Waals surface area contributed by atoms with Crippen molar-refractivity contribution in [2.45, 2.75) is 13.0 Å². The van der Waals surface area contributed by atoms with Gasteiger partial charge in [-0.1, -0.05) is 60.7 Å². The number of rotatable bonds is 6. The SMILES string of the molecule is CC(=O)c1cccc(NC(=O)N[C@@H](c2ccccc2)c2nnc(-c3ccccc3)o2)c1. The Labute approximate surface area is 179 Å². The van der Waals surface area contributed by atoms with Crippen LogP contribution in [-0.4, -0.2) is 22.0 Å². The third-order valence-electron chi connectivity index (χ3n) is 4.64. The lowest BCUT2D eigenvalue weighted by atomic mass is 10.1. The zero-order chi connectivity index (χ0) is 21.6. The van der Waals surface area contributed by atoms with Crippen molar-refractivity contribution < 1.29 is 14.0 Å². The van der Waals surface area contributed by atoms with E-state index in [-0.39, 0.29) is 11.7 Å². The number of carbonyl (C=O) groups excluding carboxylic acids is 2. The Morgan fingerprint density at radius 2 is 1.58 bits per heavy atom. The quantitative estimate of drug-likeness (QED) is 0.441. The molecule has 2 amide bonds. The Hall–Kier alpha value is -4.26. The number of hydrogen-bond acceptors (Lipinski definition) is 5. The predicted octanol–water partition coefficient (Wildman–Crippen LogP) is 4.85. The fourth-order valence-corrected chi connectivity index (χ4v) is 3.10. The molecule has 3 aromatic carbocycles. The molecule has 0 aliphatic carbocycles. The van der Waals surface area contributed by atoms with Gasteiger partial charge in [-0.2, -0.15) is 0 Å². The number of Topliss-reactive ketones (excluding diaryl/α,β-unsaturated/α-hetero) is 1. The van der Waals surface area contributed by atoms with Gasteiger partial charge in [-0.3, -0.25) is 4.79 Å². The number of hydrogen-bond donors (Lipinski definition) is 2. The first kappa shape index (κ1) is 20.0. The molecule has 4 aromatic rings.